The minimum absolute atomic E-state index is 0.0429. The Morgan fingerprint density at radius 2 is 1.72 bits per heavy atom. The molecule has 0 unspecified atom stereocenters. The fourth-order valence-electron chi connectivity index (χ4n) is 1.00. The second-order valence-corrected chi connectivity index (χ2v) is 4.17. The Kier molecular flexibility index (Phi) is 3.77. The molecule has 0 atom stereocenters. The molecule has 0 bridgehead atoms. The highest BCUT2D eigenvalue weighted by Gasteiger charge is 2.24. The molecular weight excluding hydrogens is 240 g/mol. The summed E-state index contributed by atoms with van der Waals surface area (Å²) in [5.41, 5.74) is 2.51. The number of nitrogens with one attached hydrogen (secondary N) is 2. The van der Waals surface area contributed by atoms with Gasteiger partial charge in [-0.05, 0) is 32.0 Å². The molecule has 0 aliphatic carbocycles. The Morgan fingerprint density at radius 3 is 2.22 bits per heavy atom. The maximum Gasteiger partial charge on any atom is 0.269 e. The molecule has 0 fully saturated rings. The van der Waals surface area contributed by atoms with E-state index >= 15 is 0 Å². The normalized spacial score (nSPS) is 10.8. The van der Waals surface area contributed by atoms with Crippen LogP contribution in [0.3, 0.4) is 0 Å². The predicted molar refractivity (Wildman–Crippen MR) is 61.7 cm³/mol. The van der Waals surface area contributed by atoms with Crippen LogP contribution in [0.1, 0.15) is 24.2 Å². The third-order valence-electron chi connectivity index (χ3n) is 2.08. The largest absolute Gasteiger partial charge is 0.504 e. The van der Waals surface area contributed by atoms with Crippen molar-refractivity contribution in [1.82, 2.24) is 10.9 Å². The van der Waals surface area contributed by atoms with Gasteiger partial charge in [0.15, 0.2) is 11.5 Å². The quantitative estimate of drug-likeness (QED) is 0.364. The van der Waals surface area contributed by atoms with Crippen molar-refractivity contribution in [3.8, 4) is 11.5 Å². The summed E-state index contributed by atoms with van der Waals surface area (Å²) in [6, 6.07) is 3.45. The van der Waals surface area contributed by atoms with Crippen LogP contribution in [0.25, 0.3) is 0 Å². The van der Waals surface area contributed by atoms with Gasteiger partial charge in [0.2, 0.25) is 0 Å². The molecule has 0 saturated heterocycles. The zero-order valence-electron chi connectivity index (χ0n) is 9.89. The fourth-order valence-corrected chi connectivity index (χ4v) is 1.00. The first-order chi connectivity index (χ1) is 8.21. The van der Waals surface area contributed by atoms with Crippen LogP contribution in [0.15, 0.2) is 18.2 Å². The molecule has 1 aromatic rings. The van der Waals surface area contributed by atoms with Gasteiger partial charge in [0.05, 0.1) is 0 Å². The van der Waals surface area contributed by atoms with Gasteiger partial charge in [0.1, 0.15) is 5.60 Å². The molecule has 1 aromatic carbocycles. The SMILES string of the molecule is CC(C)(O)C(=O)NNC(=O)c1ccc(O)c(O)c1. The van der Waals surface area contributed by atoms with Crippen molar-refractivity contribution in [3.63, 3.8) is 0 Å². The van der Waals surface area contributed by atoms with E-state index in [1.165, 1.54) is 19.9 Å². The summed E-state index contributed by atoms with van der Waals surface area (Å²) in [5.74, 6) is -2.27. The van der Waals surface area contributed by atoms with Gasteiger partial charge in [-0.2, -0.15) is 0 Å². The third kappa shape index (κ3) is 3.36. The van der Waals surface area contributed by atoms with Crippen molar-refractivity contribution in [2.45, 2.75) is 19.4 Å². The second-order valence-electron chi connectivity index (χ2n) is 4.17. The Balaban J connectivity index is 2.66. The number of phenolic OH excluding ortho intramolecular Hbond substituents is 2. The lowest BCUT2D eigenvalue weighted by Crippen LogP contribution is -2.50. The highest BCUT2D eigenvalue weighted by atomic mass is 16.3. The number of aromatic hydroxyl groups is 2. The first-order valence-corrected chi connectivity index (χ1v) is 5.07. The smallest absolute Gasteiger partial charge is 0.269 e. The zero-order chi connectivity index (χ0) is 13.9. The van der Waals surface area contributed by atoms with Crippen LogP contribution in [0.5, 0.6) is 11.5 Å². The van der Waals surface area contributed by atoms with Gasteiger partial charge in [-0.3, -0.25) is 20.4 Å². The molecular formula is C11H14N2O5. The summed E-state index contributed by atoms with van der Waals surface area (Å²) in [7, 11) is 0. The third-order valence-corrected chi connectivity index (χ3v) is 2.08. The molecule has 1 rings (SSSR count). The van der Waals surface area contributed by atoms with Gasteiger partial charge in [-0.15, -0.1) is 0 Å². The number of hydrogen-bond acceptors (Lipinski definition) is 5. The number of carbonyl (C=O) groups is 2. The van der Waals surface area contributed by atoms with E-state index in [9.17, 15) is 19.8 Å². The molecule has 5 N–H and O–H groups in total. The zero-order valence-corrected chi connectivity index (χ0v) is 9.89. The first kappa shape index (κ1) is 13.8. The maximum atomic E-state index is 11.5. The molecule has 2 amide bonds. The highest BCUT2D eigenvalue weighted by molar-refractivity contribution is 5.96. The molecule has 98 valence electrons. The minimum atomic E-state index is -1.62. The summed E-state index contributed by atoms with van der Waals surface area (Å²) < 4.78 is 0. The van der Waals surface area contributed by atoms with E-state index in [0.717, 1.165) is 12.1 Å². The van der Waals surface area contributed by atoms with Gasteiger partial charge in [0.25, 0.3) is 11.8 Å². The Hall–Kier alpha value is -2.28. The van der Waals surface area contributed by atoms with E-state index in [4.69, 9.17) is 5.11 Å². The number of amides is 2. The van der Waals surface area contributed by atoms with Gasteiger partial charge < -0.3 is 15.3 Å². The molecule has 0 aliphatic rings. The van der Waals surface area contributed by atoms with Crippen molar-refractivity contribution >= 4 is 11.8 Å². The summed E-state index contributed by atoms with van der Waals surface area (Å²) in [6.07, 6.45) is 0. The molecule has 0 heterocycles. The Bertz CT molecular complexity index is 479. The van der Waals surface area contributed by atoms with Crippen LogP contribution in [-0.2, 0) is 4.79 Å². The van der Waals surface area contributed by atoms with Crippen LogP contribution in [0, 0.1) is 0 Å². The van der Waals surface area contributed by atoms with E-state index in [1.807, 2.05) is 5.43 Å². The molecule has 0 aliphatic heterocycles. The van der Waals surface area contributed by atoms with Crippen LogP contribution < -0.4 is 10.9 Å². The number of phenols is 2. The van der Waals surface area contributed by atoms with Crippen LogP contribution in [0.4, 0.5) is 0 Å². The molecule has 0 saturated carbocycles. The van der Waals surface area contributed by atoms with Gasteiger partial charge in [-0.25, -0.2) is 0 Å². The van der Waals surface area contributed by atoms with Gasteiger partial charge in [-0.1, -0.05) is 0 Å². The molecule has 7 nitrogen and oxygen atoms in total. The number of aliphatic hydroxyl groups is 1. The van der Waals surface area contributed by atoms with Gasteiger partial charge in [0, 0.05) is 5.56 Å². The predicted octanol–water partition coefficient (Wildman–Crippen LogP) is -0.370. The van der Waals surface area contributed by atoms with Crippen molar-refractivity contribution in [2.75, 3.05) is 0 Å². The van der Waals surface area contributed by atoms with Crippen LogP contribution in [0.2, 0.25) is 0 Å². The average Bonchev–Trinajstić information content (AvgIpc) is 2.27. The summed E-state index contributed by atoms with van der Waals surface area (Å²) in [6.45, 7) is 2.53. The lowest BCUT2D eigenvalue weighted by Gasteiger charge is -2.16. The van der Waals surface area contributed by atoms with E-state index < -0.39 is 23.2 Å². The molecule has 18 heavy (non-hydrogen) atoms. The Labute approximate surface area is 103 Å². The lowest BCUT2D eigenvalue weighted by molar-refractivity contribution is -0.137. The van der Waals surface area contributed by atoms with Crippen molar-refractivity contribution in [2.24, 2.45) is 0 Å². The average molecular weight is 254 g/mol. The number of rotatable bonds is 2. The van der Waals surface area contributed by atoms with Crippen molar-refractivity contribution in [1.29, 1.82) is 0 Å². The number of hydrazine groups is 1. The van der Waals surface area contributed by atoms with Gasteiger partial charge >= 0.3 is 0 Å². The fraction of sp³-hybridized carbons (Fsp3) is 0.273. The number of hydrogen-bond donors (Lipinski definition) is 5. The summed E-state index contributed by atoms with van der Waals surface area (Å²) in [4.78, 5) is 22.8. The molecule has 0 radical (unpaired) electrons. The Morgan fingerprint density at radius 1 is 1.11 bits per heavy atom. The molecule has 0 spiro atoms. The second kappa shape index (κ2) is 4.92. The monoisotopic (exact) mass is 254 g/mol. The lowest BCUT2D eigenvalue weighted by atomic mass is 10.1. The van der Waals surface area contributed by atoms with E-state index in [0.29, 0.717) is 0 Å². The van der Waals surface area contributed by atoms with E-state index in [2.05, 4.69) is 5.43 Å². The van der Waals surface area contributed by atoms with Crippen LogP contribution >= 0.6 is 0 Å². The van der Waals surface area contributed by atoms with Crippen molar-refractivity contribution < 1.29 is 24.9 Å². The minimum Gasteiger partial charge on any atom is -0.504 e. The maximum absolute atomic E-state index is 11.5. The molecule has 0 aromatic heterocycles. The van der Waals surface area contributed by atoms with E-state index in [-0.39, 0.29) is 11.3 Å². The van der Waals surface area contributed by atoms with Crippen LogP contribution in [-0.4, -0.2) is 32.7 Å². The first-order valence-electron chi connectivity index (χ1n) is 5.07. The van der Waals surface area contributed by atoms with Crippen molar-refractivity contribution in [3.05, 3.63) is 23.8 Å². The highest BCUT2D eigenvalue weighted by Crippen LogP contribution is 2.24. The topological polar surface area (TPSA) is 119 Å². The standard InChI is InChI=1S/C11H14N2O5/c1-11(2,18)10(17)13-12-9(16)6-3-4-7(14)8(15)5-6/h3-5,14-15,18H,1-2H3,(H,12,16)(H,13,17). The number of benzene rings is 1. The van der Waals surface area contributed by atoms with E-state index in [1.54, 1.807) is 0 Å². The number of carbonyl (C=O) groups excluding carboxylic acids is 2. The summed E-state index contributed by atoms with van der Waals surface area (Å²) in [5, 5.41) is 27.6. The molecule has 7 heteroatoms. The summed E-state index contributed by atoms with van der Waals surface area (Å²) >= 11 is 0.